The molecule has 11 heavy (non-hydrogen) atoms. The second-order valence-corrected chi connectivity index (χ2v) is 4.00. The standard InChI is InChI=1S/C11H15/c1-9-6-5-7-10(8-9)11(2,3)4/h5,7H,1,6H2,2-4H3. The minimum Gasteiger partial charge on any atom is -0.0949 e. The molecule has 59 valence electrons. The van der Waals surface area contributed by atoms with E-state index in [0.717, 1.165) is 12.0 Å². The lowest BCUT2D eigenvalue weighted by atomic mass is 9.83. The summed E-state index contributed by atoms with van der Waals surface area (Å²) in [6.07, 6.45) is 8.55. The summed E-state index contributed by atoms with van der Waals surface area (Å²) in [5.74, 6) is 0. The van der Waals surface area contributed by atoms with Gasteiger partial charge in [0.25, 0.3) is 0 Å². The van der Waals surface area contributed by atoms with Gasteiger partial charge in [-0.1, -0.05) is 39.5 Å². The molecule has 0 saturated carbocycles. The minimum atomic E-state index is 0.208. The summed E-state index contributed by atoms with van der Waals surface area (Å²) in [5, 5.41) is 0. The Hall–Kier alpha value is -0.780. The molecule has 0 spiro atoms. The lowest BCUT2D eigenvalue weighted by molar-refractivity contribution is 0.513. The summed E-state index contributed by atoms with van der Waals surface area (Å²) in [6.45, 7) is 10.5. The van der Waals surface area contributed by atoms with Crippen molar-refractivity contribution < 1.29 is 0 Å². The number of hydrogen-bond acceptors (Lipinski definition) is 0. The van der Waals surface area contributed by atoms with E-state index in [1.54, 1.807) is 0 Å². The zero-order chi connectivity index (χ0) is 8.48. The molecule has 0 heterocycles. The summed E-state index contributed by atoms with van der Waals surface area (Å²) in [4.78, 5) is 0. The van der Waals surface area contributed by atoms with Crippen LogP contribution in [0.15, 0.2) is 29.9 Å². The minimum absolute atomic E-state index is 0.208. The smallest absolute Gasteiger partial charge is 0.00938 e. The van der Waals surface area contributed by atoms with Crippen LogP contribution in [0.25, 0.3) is 0 Å². The van der Waals surface area contributed by atoms with E-state index < -0.39 is 0 Å². The number of allylic oxidation sites excluding steroid dienone is 5. The quantitative estimate of drug-likeness (QED) is 0.493. The first-order valence-corrected chi connectivity index (χ1v) is 3.99. The Bertz CT molecular complexity index is 221. The van der Waals surface area contributed by atoms with E-state index in [0.29, 0.717) is 0 Å². The van der Waals surface area contributed by atoms with Crippen molar-refractivity contribution in [2.45, 2.75) is 27.2 Å². The predicted molar refractivity (Wildman–Crippen MR) is 49.1 cm³/mol. The summed E-state index contributed by atoms with van der Waals surface area (Å²) in [7, 11) is 0. The molecule has 0 bridgehead atoms. The Labute approximate surface area is 69.3 Å². The van der Waals surface area contributed by atoms with E-state index in [4.69, 9.17) is 0 Å². The predicted octanol–water partition coefficient (Wildman–Crippen LogP) is 3.28. The van der Waals surface area contributed by atoms with Gasteiger partial charge in [0.1, 0.15) is 0 Å². The van der Waals surface area contributed by atoms with Crippen molar-refractivity contribution in [3.05, 3.63) is 36.0 Å². The topological polar surface area (TPSA) is 0 Å². The van der Waals surface area contributed by atoms with Crippen LogP contribution >= 0.6 is 0 Å². The van der Waals surface area contributed by atoms with E-state index in [1.165, 1.54) is 5.57 Å². The first-order valence-electron chi connectivity index (χ1n) is 3.99. The molecule has 0 saturated heterocycles. The second kappa shape index (κ2) is 2.69. The summed E-state index contributed by atoms with van der Waals surface area (Å²) < 4.78 is 0. The maximum Gasteiger partial charge on any atom is -0.00938 e. The molecular weight excluding hydrogens is 132 g/mol. The highest BCUT2D eigenvalue weighted by Gasteiger charge is 2.16. The van der Waals surface area contributed by atoms with Crippen molar-refractivity contribution in [3.63, 3.8) is 0 Å². The molecule has 0 aromatic rings. The van der Waals surface area contributed by atoms with Gasteiger partial charge in [-0.3, -0.25) is 0 Å². The van der Waals surface area contributed by atoms with Crippen LogP contribution in [0.5, 0.6) is 0 Å². The van der Waals surface area contributed by atoms with Crippen LogP contribution < -0.4 is 0 Å². The van der Waals surface area contributed by atoms with E-state index in [2.05, 4.69) is 45.6 Å². The van der Waals surface area contributed by atoms with Gasteiger partial charge in [-0.25, -0.2) is 0 Å². The molecule has 0 fully saturated rings. The largest absolute Gasteiger partial charge is 0.0949 e. The van der Waals surface area contributed by atoms with Crippen LogP contribution in [-0.4, -0.2) is 0 Å². The van der Waals surface area contributed by atoms with Gasteiger partial charge >= 0.3 is 0 Å². The van der Waals surface area contributed by atoms with Crippen molar-refractivity contribution in [3.8, 4) is 0 Å². The van der Waals surface area contributed by atoms with E-state index in [9.17, 15) is 0 Å². The van der Waals surface area contributed by atoms with Gasteiger partial charge in [0, 0.05) is 0 Å². The van der Waals surface area contributed by atoms with Crippen LogP contribution in [0.4, 0.5) is 0 Å². The molecular formula is C11H15. The number of hydrogen-bond donors (Lipinski definition) is 0. The third-order valence-corrected chi connectivity index (χ3v) is 1.77. The molecule has 1 aliphatic rings. The van der Waals surface area contributed by atoms with E-state index in [1.807, 2.05) is 0 Å². The lowest BCUT2D eigenvalue weighted by Crippen LogP contribution is -2.09. The monoisotopic (exact) mass is 147 g/mol. The first kappa shape index (κ1) is 8.32. The lowest BCUT2D eigenvalue weighted by Gasteiger charge is -2.22. The van der Waals surface area contributed by atoms with Crippen LogP contribution in [0.3, 0.4) is 0 Å². The average Bonchev–Trinajstić information content (AvgIpc) is 1.86. The van der Waals surface area contributed by atoms with E-state index in [-0.39, 0.29) is 5.41 Å². The van der Waals surface area contributed by atoms with Gasteiger partial charge in [0.05, 0.1) is 0 Å². The van der Waals surface area contributed by atoms with Crippen LogP contribution in [0.2, 0.25) is 0 Å². The van der Waals surface area contributed by atoms with Gasteiger partial charge in [-0.2, -0.15) is 0 Å². The molecule has 0 nitrogen and oxygen atoms in total. The van der Waals surface area contributed by atoms with Crippen molar-refractivity contribution in [2.75, 3.05) is 0 Å². The normalized spacial score (nSPS) is 18.5. The van der Waals surface area contributed by atoms with Crippen LogP contribution in [0, 0.1) is 11.5 Å². The fraction of sp³-hybridized carbons (Fsp3) is 0.455. The molecule has 0 aliphatic heterocycles. The van der Waals surface area contributed by atoms with Gasteiger partial charge < -0.3 is 0 Å². The molecule has 0 N–H and O–H groups in total. The molecule has 0 aromatic heterocycles. The highest BCUT2D eigenvalue weighted by Crippen LogP contribution is 2.29. The summed E-state index contributed by atoms with van der Waals surface area (Å²) in [6, 6.07) is 0. The number of rotatable bonds is 0. The average molecular weight is 147 g/mol. The Kier molecular flexibility index (Phi) is 2.03. The zero-order valence-electron chi connectivity index (χ0n) is 7.57. The fourth-order valence-corrected chi connectivity index (χ4v) is 1.04. The molecule has 0 heteroatoms. The van der Waals surface area contributed by atoms with Crippen molar-refractivity contribution in [2.24, 2.45) is 5.41 Å². The molecule has 1 rings (SSSR count). The zero-order valence-corrected chi connectivity index (χ0v) is 7.57. The van der Waals surface area contributed by atoms with Crippen molar-refractivity contribution in [1.29, 1.82) is 0 Å². The first-order chi connectivity index (χ1) is 5.00. The molecule has 0 unspecified atom stereocenters. The maximum absolute atomic E-state index is 3.89. The molecule has 0 aromatic carbocycles. The molecule has 0 amide bonds. The molecule has 1 radical (unpaired) electrons. The highest BCUT2D eigenvalue weighted by molar-refractivity contribution is 5.33. The van der Waals surface area contributed by atoms with Crippen molar-refractivity contribution >= 4 is 0 Å². The summed E-state index contributed by atoms with van der Waals surface area (Å²) >= 11 is 0. The van der Waals surface area contributed by atoms with Gasteiger partial charge in [-0.15, -0.1) is 0 Å². The van der Waals surface area contributed by atoms with Crippen LogP contribution in [-0.2, 0) is 0 Å². The van der Waals surface area contributed by atoms with Crippen molar-refractivity contribution in [1.82, 2.24) is 0 Å². The van der Waals surface area contributed by atoms with Gasteiger partial charge in [0.15, 0.2) is 0 Å². The van der Waals surface area contributed by atoms with E-state index >= 15 is 0 Å². The second-order valence-electron chi connectivity index (χ2n) is 4.00. The van der Waals surface area contributed by atoms with Gasteiger partial charge in [-0.05, 0) is 29.1 Å². The molecule has 0 atom stereocenters. The molecule has 1 aliphatic carbocycles. The summed E-state index contributed by atoms with van der Waals surface area (Å²) in [5.41, 5.74) is 2.56. The Morgan fingerprint density at radius 1 is 1.45 bits per heavy atom. The third kappa shape index (κ3) is 2.07. The van der Waals surface area contributed by atoms with Crippen LogP contribution in [0.1, 0.15) is 27.2 Å². The highest BCUT2D eigenvalue weighted by atomic mass is 14.2. The third-order valence-electron chi connectivity index (χ3n) is 1.77. The Balaban J connectivity index is 2.88. The Morgan fingerprint density at radius 3 is 2.45 bits per heavy atom. The Morgan fingerprint density at radius 2 is 2.09 bits per heavy atom. The maximum atomic E-state index is 3.89. The SMILES string of the molecule is C=C1[C]=C(C(C)(C)C)C=CC1. The fourth-order valence-electron chi connectivity index (χ4n) is 1.04. The van der Waals surface area contributed by atoms with Gasteiger partial charge in [0.2, 0.25) is 0 Å².